The van der Waals surface area contributed by atoms with Gasteiger partial charge in [-0.1, -0.05) is 183 Å². The predicted octanol–water partition coefficient (Wildman–Crippen LogP) is 6.27. The maximum atomic E-state index is 2.70. The van der Waals surface area contributed by atoms with Crippen LogP contribution >= 0.6 is 0 Å². The van der Waals surface area contributed by atoms with E-state index in [0.717, 1.165) is 0 Å². The third-order valence-electron chi connectivity index (χ3n) is 14.2. The maximum absolute atomic E-state index is 2.70. The van der Waals surface area contributed by atoms with Gasteiger partial charge in [0.15, 0.2) is 26.9 Å². The van der Waals surface area contributed by atoms with Gasteiger partial charge in [-0.25, -0.2) is 0 Å². The average molecular weight is 784 g/mol. The van der Waals surface area contributed by atoms with Gasteiger partial charge in [-0.15, -0.1) is 0 Å². The minimum atomic E-state index is -0.795. The van der Waals surface area contributed by atoms with E-state index in [1.54, 1.807) is 0 Å². The first-order chi connectivity index (χ1) is 29.6. The Hall–Kier alpha value is -6.26. The van der Waals surface area contributed by atoms with Crippen LogP contribution in [0.3, 0.4) is 0 Å². The van der Waals surface area contributed by atoms with E-state index in [-0.39, 0.29) is 0 Å². The molecule has 12 rings (SSSR count). The highest BCUT2D eigenvalue weighted by molar-refractivity contribution is 6.72. The minimum Gasteiger partial charge on any atom is -0.198 e. The lowest BCUT2D eigenvalue weighted by Gasteiger charge is -2.41. The molecular formula is C53H48B4N4+2. The molecular weight excluding hydrogens is 736 g/mol. The van der Waals surface area contributed by atoms with Gasteiger partial charge in [-0.05, 0) is 46.5 Å². The van der Waals surface area contributed by atoms with Crippen LogP contribution in [0, 0.1) is 0 Å². The lowest BCUT2D eigenvalue weighted by atomic mass is 9.49. The minimum absolute atomic E-state index is 0.458. The molecule has 8 heteroatoms. The standard InChI is InChI=1S/C53H48B4N4/c1-54(2)37-17-9-33(10-18-37)49-41-25-27-43-50(34-11-19-38(20-12-34)55(3)4)45-29-31-47-52(36-15-23-40(24-16-36)57(7)8)48-32-30-46-51(35-13-21-39(22-14-35)56(5)6)44-28-26-42(49)59(44)53(58(41)43,60(45)47)61(46)48/h9-32H,1-8H3/q+2. The Bertz CT molecular complexity index is 3040. The summed E-state index contributed by atoms with van der Waals surface area (Å²) < 4.78 is 10.8. The molecule has 0 saturated carbocycles. The van der Waals surface area contributed by atoms with Crippen molar-refractivity contribution in [1.82, 2.24) is 9.13 Å². The maximum Gasteiger partial charge on any atom is 0.553 e. The van der Waals surface area contributed by atoms with E-state index >= 15 is 0 Å². The van der Waals surface area contributed by atoms with Gasteiger partial charge < -0.3 is 0 Å². The Balaban J connectivity index is 1.26. The van der Waals surface area contributed by atoms with Gasteiger partial charge in [0.2, 0.25) is 22.8 Å². The summed E-state index contributed by atoms with van der Waals surface area (Å²) >= 11 is 0. The Morgan fingerprint density at radius 2 is 0.656 bits per heavy atom. The van der Waals surface area contributed by atoms with Crippen molar-refractivity contribution >= 4 is 82.4 Å². The van der Waals surface area contributed by atoms with E-state index in [0.29, 0.717) is 26.9 Å². The molecule has 0 atom stereocenters. The second-order valence-electron chi connectivity index (χ2n) is 19.0. The van der Waals surface area contributed by atoms with Crippen molar-refractivity contribution in [1.29, 1.82) is 0 Å². The summed E-state index contributed by atoms with van der Waals surface area (Å²) in [6.07, 6.45) is 9.60. The summed E-state index contributed by atoms with van der Waals surface area (Å²) in [4.78, 5) is 0. The SMILES string of the molecule is CB(C)c1ccc(C2=C3C=CC4=[N+]3C35n6c2ccc6C(c2ccc(B(C)C)cc2)=C2C=CC(=[N+]23)C(c2ccc(B(C)C)cc2)=c2ccc(n25)=C4c2ccc(B(C)C)cc2)cc1. The molecule has 2 aromatic heterocycles. The molecule has 8 heterocycles. The second-order valence-corrected chi connectivity index (χ2v) is 19.0. The van der Waals surface area contributed by atoms with E-state index in [9.17, 15) is 0 Å². The first-order valence-electron chi connectivity index (χ1n) is 22.4. The quantitative estimate of drug-likeness (QED) is 0.128. The second kappa shape index (κ2) is 12.9. The molecule has 61 heavy (non-hydrogen) atoms. The number of benzene rings is 4. The van der Waals surface area contributed by atoms with Crippen LogP contribution in [0.15, 0.2) is 157 Å². The number of allylic oxidation sites excluding steroid dienone is 4. The van der Waals surface area contributed by atoms with Crippen molar-refractivity contribution in [2.75, 3.05) is 0 Å². The third kappa shape index (κ3) is 4.77. The highest BCUT2D eigenvalue weighted by atomic mass is 15.6. The zero-order chi connectivity index (χ0) is 41.6. The van der Waals surface area contributed by atoms with Crippen LogP contribution in [0.2, 0.25) is 54.6 Å². The van der Waals surface area contributed by atoms with Crippen LogP contribution in [-0.4, -0.2) is 56.6 Å². The van der Waals surface area contributed by atoms with Crippen LogP contribution in [0.5, 0.6) is 0 Å². The summed E-state index contributed by atoms with van der Waals surface area (Å²) in [7, 11) is 0. The highest BCUT2D eigenvalue weighted by Crippen LogP contribution is 2.52. The number of aromatic nitrogens is 2. The summed E-state index contributed by atoms with van der Waals surface area (Å²) in [5.41, 5.74) is 22.8. The number of nitrogens with zero attached hydrogens (tertiary/aromatic N) is 4. The smallest absolute Gasteiger partial charge is 0.198 e. The Kier molecular flexibility index (Phi) is 7.72. The van der Waals surface area contributed by atoms with Crippen molar-refractivity contribution in [2.45, 2.75) is 60.5 Å². The van der Waals surface area contributed by atoms with E-state index in [1.807, 2.05) is 0 Å². The van der Waals surface area contributed by atoms with Gasteiger partial charge in [0.25, 0.3) is 0 Å². The zero-order valence-electron chi connectivity index (χ0n) is 36.5. The Labute approximate surface area is 361 Å². The Morgan fingerprint density at radius 3 is 0.967 bits per heavy atom. The number of hydrogen-bond donors (Lipinski definition) is 0. The summed E-state index contributed by atoms with van der Waals surface area (Å²) in [5.74, 6) is -0.795. The average Bonchev–Trinajstić information content (AvgIpc) is 4.10. The molecule has 0 bridgehead atoms. The largest absolute Gasteiger partial charge is 0.553 e. The van der Waals surface area contributed by atoms with Crippen molar-refractivity contribution in [3.8, 4) is 0 Å². The topological polar surface area (TPSA) is 15.9 Å². The van der Waals surface area contributed by atoms with Gasteiger partial charge in [0.05, 0.1) is 44.4 Å². The molecule has 0 radical (unpaired) electrons. The zero-order valence-corrected chi connectivity index (χ0v) is 36.5. The van der Waals surface area contributed by atoms with Crippen molar-refractivity contribution in [2.24, 2.45) is 0 Å². The fraction of sp³-hybridized carbons (Fsp3) is 0.170. The molecule has 0 unspecified atom stereocenters. The molecule has 6 aliphatic heterocycles. The van der Waals surface area contributed by atoms with Gasteiger partial charge in [-0.2, -0.15) is 9.13 Å². The molecule has 4 aromatic carbocycles. The van der Waals surface area contributed by atoms with Gasteiger partial charge >= 0.3 is 5.91 Å². The van der Waals surface area contributed by atoms with Gasteiger partial charge in [0, 0.05) is 24.3 Å². The summed E-state index contributed by atoms with van der Waals surface area (Å²) in [5, 5.41) is 2.46. The third-order valence-corrected chi connectivity index (χ3v) is 14.2. The lowest BCUT2D eigenvalue weighted by Crippen LogP contribution is -2.71. The van der Waals surface area contributed by atoms with Crippen molar-refractivity contribution in [3.63, 3.8) is 0 Å². The molecule has 4 nitrogen and oxygen atoms in total. The van der Waals surface area contributed by atoms with Crippen LogP contribution < -0.4 is 32.5 Å². The normalized spacial score (nSPS) is 16.9. The fourth-order valence-corrected chi connectivity index (χ4v) is 11.0. The van der Waals surface area contributed by atoms with E-state index < -0.39 is 5.91 Å². The molecule has 6 aromatic rings. The first-order valence-corrected chi connectivity index (χ1v) is 22.4. The molecule has 6 aliphatic rings. The number of hydrogen-bond acceptors (Lipinski definition) is 0. The van der Waals surface area contributed by atoms with E-state index in [1.165, 1.54) is 111 Å². The highest BCUT2D eigenvalue weighted by Gasteiger charge is 2.72. The first kappa shape index (κ1) is 36.6. The monoisotopic (exact) mass is 784 g/mol. The van der Waals surface area contributed by atoms with Crippen molar-refractivity contribution < 1.29 is 9.15 Å². The Morgan fingerprint density at radius 1 is 0.344 bits per heavy atom. The van der Waals surface area contributed by atoms with E-state index in [4.69, 9.17) is 0 Å². The van der Waals surface area contributed by atoms with Crippen LogP contribution in [0.4, 0.5) is 0 Å². The molecule has 0 N–H and O–H groups in total. The van der Waals surface area contributed by atoms with Crippen molar-refractivity contribution in [3.05, 3.63) is 201 Å². The molecule has 0 amide bonds. The molecule has 290 valence electrons. The van der Waals surface area contributed by atoms with Gasteiger partial charge in [0.1, 0.15) is 0 Å². The lowest BCUT2D eigenvalue weighted by molar-refractivity contribution is -0.834. The number of rotatable bonds is 8. The molecule has 0 aliphatic carbocycles. The molecule has 0 saturated heterocycles. The molecule has 1 spiro atoms. The fourth-order valence-electron chi connectivity index (χ4n) is 11.0. The van der Waals surface area contributed by atoms with Crippen LogP contribution in [0.25, 0.3) is 22.3 Å². The summed E-state index contributed by atoms with van der Waals surface area (Å²) in [6, 6.07) is 47.1. The summed E-state index contributed by atoms with van der Waals surface area (Å²) in [6.45, 7) is 20.1. The van der Waals surface area contributed by atoms with E-state index in [2.05, 4.69) is 219 Å². The van der Waals surface area contributed by atoms with Crippen LogP contribution in [0.1, 0.15) is 33.6 Å². The molecule has 0 fully saturated rings. The van der Waals surface area contributed by atoms with Gasteiger partial charge in [-0.3, -0.25) is 0 Å². The predicted molar refractivity (Wildman–Crippen MR) is 262 cm³/mol. The van der Waals surface area contributed by atoms with Crippen LogP contribution in [-0.2, 0) is 5.91 Å².